The fourth-order valence-electron chi connectivity index (χ4n) is 9.18. The van der Waals surface area contributed by atoms with Crippen LogP contribution >= 0.6 is 7.82 Å². The first kappa shape index (κ1) is 73.7. The first-order valence-electron chi connectivity index (χ1n) is 32.1. The van der Waals surface area contributed by atoms with Crippen molar-refractivity contribution < 1.29 is 37.3 Å². The van der Waals surface area contributed by atoms with E-state index in [2.05, 4.69) is 74.7 Å². The molecule has 76 heavy (non-hydrogen) atoms. The summed E-state index contributed by atoms with van der Waals surface area (Å²) in [5, 5.41) is 3.06. The van der Waals surface area contributed by atoms with Gasteiger partial charge in [-0.3, -0.25) is 18.6 Å². The van der Waals surface area contributed by atoms with Crippen LogP contribution in [0.15, 0.2) is 60.8 Å². The Morgan fingerprint density at radius 1 is 0.461 bits per heavy atom. The summed E-state index contributed by atoms with van der Waals surface area (Å²) in [7, 11) is 1.49. The molecule has 0 spiro atoms. The Hall–Kier alpha value is -2.29. The van der Waals surface area contributed by atoms with Crippen molar-refractivity contribution in [1.82, 2.24) is 5.32 Å². The second kappa shape index (κ2) is 56.0. The molecule has 0 aromatic carbocycles. The SMILES string of the molecule is CCCCC/C=C\C/C=C\C/C=C\CCCCCCCCC(=O)OC(/C=C/CCCCCCCCCCCC)C(COP(=O)(O)OCC[N+](C)(C)C)NC(=O)CCCCCCCCCCC/C=C/CCCCCCCC. The van der Waals surface area contributed by atoms with E-state index in [-0.39, 0.29) is 31.5 Å². The van der Waals surface area contributed by atoms with Crippen LogP contribution in [0.4, 0.5) is 0 Å². The number of nitrogens with one attached hydrogen (secondary N) is 1. The van der Waals surface area contributed by atoms with Crippen LogP contribution in [-0.2, 0) is 27.9 Å². The molecule has 0 aliphatic carbocycles. The Morgan fingerprint density at radius 3 is 1.24 bits per heavy atom. The third-order valence-electron chi connectivity index (χ3n) is 14.2. The number of ether oxygens (including phenoxy) is 1. The van der Waals surface area contributed by atoms with Gasteiger partial charge >= 0.3 is 13.8 Å². The zero-order chi connectivity index (χ0) is 55.7. The second-order valence-corrected chi connectivity index (χ2v) is 24.4. The van der Waals surface area contributed by atoms with E-state index in [0.717, 1.165) is 83.5 Å². The van der Waals surface area contributed by atoms with Crippen LogP contribution in [0.5, 0.6) is 0 Å². The quantitative estimate of drug-likeness (QED) is 0.0205. The second-order valence-electron chi connectivity index (χ2n) is 22.9. The van der Waals surface area contributed by atoms with Gasteiger partial charge in [0.2, 0.25) is 5.91 Å². The first-order chi connectivity index (χ1) is 36.9. The number of hydrogen-bond donors (Lipinski definition) is 2. The molecule has 0 fully saturated rings. The maximum absolute atomic E-state index is 13.6. The number of quaternary nitrogens is 1. The minimum Gasteiger partial charge on any atom is -0.456 e. The Morgan fingerprint density at radius 2 is 0.803 bits per heavy atom. The van der Waals surface area contributed by atoms with Crippen molar-refractivity contribution in [1.29, 1.82) is 0 Å². The molecule has 0 rings (SSSR count). The Kier molecular flexibility index (Phi) is 54.3. The number of amides is 1. The zero-order valence-electron chi connectivity index (χ0n) is 50.7. The number of esters is 1. The first-order valence-corrected chi connectivity index (χ1v) is 33.6. The predicted octanol–water partition coefficient (Wildman–Crippen LogP) is 19.8. The molecule has 0 radical (unpaired) electrons. The monoisotopic (exact) mass is 1090 g/mol. The van der Waals surface area contributed by atoms with E-state index in [1.54, 1.807) is 0 Å². The maximum atomic E-state index is 13.6. The molecule has 1 amide bonds. The van der Waals surface area contributed by atoms with Crippen molar-refractivity contribution in [2.45, 2.75) is 309 Å². The number of rotatable bonds is 58. The molecule has 0 bridgehead atoms. The average molecular weight is 1090 g/mol. The molecule has 444 valence electrons. The summed E-state index contributed by atoms with van der Waals surface area (Å²) < 4.78 is 30.7. The van der Waals surface area contributed by atoms with E-state index in [0.29, 0.717) is 17.4 Å². The number of unbranched alkanes of at least 4 members (excludes halogenated alkanes) is 34. The number of carbonyl (C=O) groups excluding carboxylic acids is 2. The summed E-state index contributed by atoms with van der Waals surface area (Å²) in [5.74, 6) is -0.515. The fraction of sp³-hybridized carbons (Fsp3) is 0.818. The maximum Gasteiger partial charge on any atom is 0.472 e. The molecule has 0 heterocycles. The van der Waals surface area contributed by atoms with Crippen molar-refractivity contribution in [3.63, 3.8) is 0 Å². The van der Waals surface area contributed by atoms with Crippen LogP contribution in [0.25, 0.3) is 0 Å². The van der Waals surface area contributed by atoms with E-state index < -0.39 is 20.0 Å². The van der Waals surface area contributed by atoms with Gasteiger partial charge in [-0.15, -0.1) is 0 Å². The molecule has 0 aromatic heterocycles. The highest BCUT2D eigenvalue weighted by Gasteiger charge is 2.30. The van der Waals surface area contributed by atoms with Crippen molar-refractivity contribution in [2.75, 3.05) is 40.9 Å². The summed E-state index contributed by atoms with van der Waals surface area (Å²) >= 11 is 0. The molecule has 0 aliphatic rings. The van der Waals surface area contributed by atoms with Gasteiger partial charge in [0.15, 0.2) is 0 Å². The number of hydrogen-bond acceptors (Lipinski definition) is 6. The molecular formula is C66H124N2O7P+. The van der Waals surface area contributed by atoms with Gasteiger partial charge in [-0.1, -0.05) is 249 Å². The summed E-state index contributed by atoms with van der Waals surface area (Å²) in [5.41, 5.74) is 0. The van der Waals surface area contributed by atoms with Gasteiger partial charge in [0.25, 0.3) is 0 Å². The molecular weight excluding hydrogens is 964 g/mol. The van der Waals surface area contributed by atoms with Gasteiger partial charge in [0, 0.05) is 12.8 Å². The van der Waals surface area contributed by atoms with Crippen molar-refractivity contribution in [2.24, 2.45) is 0 Å². The van der Waals surface area contributed by atoms with Crippen LogP contribution in [0.3, 0.4) is 0 Å². The molecule has 2 N–H and O–H groups in total. The van der Waals surface area contributed by atoms with Crippen molar-refractivity contribution >= 4 is 19.7 Å². The predicted molar refractivity (Wildman–Crippen MR) is 328 cm³/mol. The lowest BCUT2D eigenvalue weighted by atomic mass is 10.0. The topological polar surface area (TPSA) is 111 Å². The van der Waals surface area contributed by atoms with Gasteiger partial charge in [0.05, 0.1) is 33.8 Å². The third-order valence-corrected chi connectivity index (χ3v) is 15.2. The van der Waals surface area contributed by atoms with E-state index in [1.807, 2.05) is 33.3 Å². The Balaban J connectivity index is 5.25. The Bertz CT molecular complexity index is 1490. The summed E-state index contributed by atoms with van der Waals surface area (Å²) in [6.07, 6.45) is 70.7. The van der Waals surface area contributed by atoms with E-state index >= 15 is 0 Å². The molecule has 3 unspecified atom stereocenters. The highest BCUT2D eigenvalue weighted by atomic mass is 31.2. The van der Waals surface area contributed by atoms with Crippen molar-refractivity contribution in [3.8, 4) is 0 Å². The highest BCUT2D eigenvalue weighted by Crippen LogP contribution is 2.43. The zero-order valence-corrected chi connectivity index (χ0v) is 51.6. The van der Waals surface area contributed by atoms with Crippen LogP contribution < -0.4 is 5.32 Å². The standard InChI is InChI=1S/C66H123N2O7P/c1-7-10-13-16-19-22-25-28-30-32-34-36-38-40-43-46-49-52-55-58-65(69)67-63(62-74-76(71,72)73-61-60-68(4,5)6)64(57-54-51-48-45-42-27-24-21-18-15-12-9-3)75-66(70)59-56-53-50-47-44-41-39-37-35-33-31-29-26-23-20-17-14-11-8-2/h20,23,28-31,35,37,54,57,63-64H,7-19,21-22,24-27,32-34,36,38-53,55-56,58-62H2,1-6H3,(H-,67,69,71,72)/p+1/b23-20-,30-28+,31-29-,37-35-,57-54+. The third kappa shape index (κ3) is 56.4. The lowest BCUT2D eigenvalue weighted by Gasteiger charge is -2.27. The van der Waals surface area contributed by atoms with Crippen LogP contribution in [0.2, 0.25) is 0 Å². The van der Waals surface area contributed by atoms with Gasteiger partial charge < -0.3 is 19.4 Å². The molecule has 9 nitrogen and oxygen atoms in total. The fourth-order valence-corrected chi connectivity index (χ4v) is 9.91. The van der Waals surface area contributed by atoms with Crippen LogP contribution in [-0.4, -0.2) is 74.3 Å². The lowest BCUT2D eigenvalue weighted by Crippen LogP contribution is -2.47. The number of carbonyl (C=O) groups is 2. The summed E-state index contributed by atoms with van der Waals surface area (Å²) in [4.78, 5) is 37.7. The highest BCUT2D eigenvalue weighted by molar-refractivity contribution is 7.47. The smallest absolute Gasteiger partial charge is 0.456 e. The minimum absolute atomic E-state index is 0.0368. The van der Waals surface area contributed by atoms with Crippen molar-refractivity contribution in [3.05, 3.63) is 60.8 Å². The number of phosphoric acid groups is 1. The normalized spacial score (nSPS) is 14.0. The molecule has 0 aromatic rings. The van der Waals surface area contributed by atoms with Gasteiger partial charge in [0.1, 0.15) is 19.3 Å². The molecule has 0 aliphatic heterocycles. The van der Waals surface area contributed by atoms with E-state index in [4.69, 9.17) is 13.8 Å². The van der Waals surface area contributed by atoms with E-state index in [9.17, 15) is 19.0 Å². The molecule has 0 saturated carbocycles. The largest absolute Gasteiger partial charge is 0.472 e. The van der Waals surface area contributed by atoms with Crippen LogP contribution in [0, 0.1) is 0 Å². The molecule has 10 heteroatoms. The summed E-state index contributed by atoms with van der Waals surface area (Å²) in [6.45, 7) is 6.99. The number of allylic oxidation sites excluding steroid dienone is 9. The van der Waals surface area contributed by atoms with Gasteiger partial charge in [-0.05, 0) is 96.0 Å². The number of phosphoric ester groups is 1. The number of nitrogens with zero attached hydrogens (tertiary/aromatic N) is 1. The summed E-state index contributed by atoms with van der Waals surface area (Å²) in [6, 6.07) is -0.856. The van der Waals surface area contributed by atoms with Gasteiger partial charge in [-0.2, -0.15) is 0 Å². The molecule has 3 atom stereocenters. The van der Waals surface area contributed by atoms with Gasteiger partial charge in [-0.25, -0.2) is 4.57 Å². The Labute approximate surface area is 471 Å². The average Bonchev–Trinajstić information content (AvgIpc) is 3.38. The molecule has 0 saturated heterocycles. The minimum atomic E-state index is -4.45. The van der Waals surface area contributed by atoms with Crippen LogP contribution in [0.1, 0.15) is 297 Å². The lowest BCUT2D eigenvalue weighted by molar-refractivity contribution is -0.870. The number of likely N-dealkylation sites (N-methyl/N-ethyl adjacent to an activating group) is 1. The van der Waals surface area contributed by atoms with E-state index in [1.165, 1.54) is 180 Å².